The summed E-state index contributed by atoms with van der Waals surface area (Å²) in [5.74, 6) is -0.365. The number of aliphatic hydroxyl groups is 1. The van der Waals surface area contributed by atoms with Crippen LogP contribution >= 0.6 is 0 Å². The summed E-state index contributed by atoms with van der Waals surface area (Å²) < 4.78 is 4.83. The van der Waals surface area contributed by atoms with Gasteiger partial charge >= 0.3 is 5.97 Å². The molecule has 0 aliphatic rings. The number of aliphatic hydroxyl groups excluding tert-OH is 1. The van der Waals surface area contributed by atoms with Gasteiger partial charge in [0, 0.05) is 0 Å². The van der Waals surface area contributed by atoms with Crippen LogP contribution in [0.3, 0.4) is 0 Å². The number of allylic oxidation sites excluding steroid dienone is 1. The lowest BCUT2D eigenvalue weighted by Gasteiger charge is -2.08. The van der Waals surface area contributed by atoms with E-state index < -0.39 is 6.10 Å². The number of carbonyl (C=O) groups is 1. The highest BCUT2D eigenvalue weighted by molar-refractivity contribution is 5.70. The maximum Gasteiger partial charge on any atom is 0.309 e. The van der Waals surface area contributed by atoms with Crippen molar-refractivity contribution in [1.29, 1.82) is 0 Å². The van der Waals surface area contributed by atoms with Gasteiger partial charge in [0.05, 0.1) is 18.6 Å². The van der Waals surface area contributed by atoms with Crippen LogP contribution in [0.2, 0.25) is 0 Å². The van der Waals surface area contributed by atoms with Crippen molar-refractivity contribution in [2.75, 3.05) is 0 Å². The first-order valence-corrected chi connectivity index (χ1v) is 4.06. The molecular formula is C9H16O3. The molecule has 0 saturated carbocycles. The summed E-state index contributed by atoms with van der Waals surface area (Å²) in [6.07, 6.45) is 2.45. The molecule has 1 unspecified atom stereocenters. The van der Waals surface area contributed by atoms with Crippen LogP contribution in [-0.2, 0) is 9.53 Å². The molecular weight excluding hydrogens is 156 g/mol. The molecule has 0 aliphatic carbocycles. The number of esters is 1. The molecule has 3 heteroatoms. The molecule has 0 rings (SSSR count). The lowest BCUT2D eigenvalue weighted by Crippen LogP contribution is -2.17. The van der Waals surface area contributed by atoms with Crippen LogP contribution in [-0.4, -0.2) is 23.3 Å². The first kappa shape index (κ1) is 11.2. The van der Waals surface area contributed by atoms with Gasteiger partial charge in [-0.3, -0.25) is 4.79 Å². The standard InChI is InChI=1S/C9H16O3/c1-4-5-8(10)6-9(11)12-7(2)3/h4-5,7-8,10H,6H2,1-3H3/b5-4+. The molecule has 0 amide bonds. The second-order valence-corrected chi connectivity index (χ2v) is 2.84. The van der Waals surface area contributed by atoms with Gasteiger partial charge in [-0.05, 0) is 20.8 Å². The normalized spacial score (nSPS) is 13.8. The molecule has 0 fully saturated rings. The molecule has 3 nitrogen and oxygen atoms in total. The summed E-state index contributed by atoms with van der Waals surface area (Å²) in [5, 5.41) is 9.14. The molecule has 0 aromatic rings. The van der Waals surface area contributed by atoms with Crippen molar-refractivity contribution in [3.63, 3.8) is 0 Å². The first-order valence-electron chi connectivity index (χ1n) is 4.06. The van der Waals surface area contributed by atoms with Crippen molar-refractivity contribution in [2.45, 2.75) is 39.4 Å². The van der Waals surface area contributed by atoms with Crippen molar-refractivity contribution in [3.8, 4) is 0 Å². The molecule has 0 aromatic heterocycles. The van der Waals surface area contributed by atoms with E-state index in [9.17, 15) is 4.79 Å². The van der Waals surface area contributed by atoms with Gasteiger partial charge < -0.3 is 9.84 Å². The molecule has 0 radical (unpaired) electrons. The zero-order chi connectivity index (χ0) is 9.56. The predicted molar refractivity (Wildman–Crippen MR) is 46.7 cm³/mol. The minimum atomic E-state index is -0.721. The molecule has 1 N–H and O–H groups in total. The summed E-state index contributed by atoms with van der Waals surface area (Å²) in [7, 11) is 0. The highest BCUT2D eigenvalue weighted by Crippen LogP contribution is 1.99. The maximum absolute atomic E-state index is 10.9. The second-order valence-electron chi connectivity index (χ2n) is 2.84. The molecule has 0 aromatic carbocycles. The molecule has 0 aliphatic heterocycles. The topological polar surface area (TPSA) is 46.5 Å². The minimum absolute atomic E-state index is 0.0303. The molecule has 12 heavy (non-hydrogen) atoms. The van der Waals surface area contributed by atoms with E-state index in [0.29, 0.717) is 0 Å². The lowest BCUT2D eigenvalue weighted by molar-refractivity contribution is -0.148. The zero-order valence-electron chi connectivity index (χ0n) is 7.78. The van der Waals surface area contributed by atoms with Crippen molar-refractivity contribution in [1.82, 2.24) is 0 Å². The second kappa shape index (κ2) is 5.77. The van der Waals surface area contributed by atoms with E-state index in [4.69, 9.17) is 9.84 Å². The van der Waals surface area contributed by atoms with E-state index in [0.717, 1.165) is 0 Å². The number of carbonyl (C=O) groups excluding carboxylic acids is 1. The SMILES string of the molecule is C/C=C/C(O)CC(=O)OC(C)C. The summed E-state index contributed by atoms with van der Waals surface area (Å²) in [6, 6.07) is 0. The van der Waals surface area contributed by atoms with Gasteiger partial charge in [-0.15, -0.1) is 0 Å². The number of rotatable bonds is 4. The maximum atomic E-state index is 10.9. The van der Waals surface area contributed by atoms with E-state index >= 15 is 0 Å². The van der Waals surface area contributed by atoms with Gasteiger partial charge in [-0.2, -0.15) is 0 Å². The van der Waals surface area contributed by atoms with Crippen LogP contribution in [0.25, 0.3) is 0 Å². The van der Waals surface area contributed by atoms with E-state index in [1.165, 1.54) is 0 Å². The van der Waals surface area contributed by atoms with Gasteiger partial charge in [-0.1, -0.05) is 12.2 Å². The highest BCUT2D eigenvalue weighted by atomic mass is 16.5. The van der Waals surface area contributed by atoms with Gasteiger partial charge in [0.15, 0.2) is 0 Å². The van der Waals surface area contributed by atoms with E-state index in [1.54, 1.807) is 32.9 Å². The van der Waals surface area contributed by atoms with Crippen LogP contribution in [0.4, 0.5) is 0 Å². The van der Waals surface area contributed by atoms with Gasteiger partial charge in [0.2, 0.25) is 0 Å². The van der Waals surface area contributed by atoms with Crippen molar-refractivity contribution in [3.05, 3.63) is 12.2 Å². The number of ether oxygens (including phenoxy) is 1. The van der Waals surface area contributed by atoms with Crippen LogP contribution < -0.4 is 0 Å². The smallest absolute Gasteiger partial charge is 0.309 e. The Hall–Kier alpha value is -0.830. The summed E-state index contributed by atoms with van der Waals surface area (Å²) in [5.41, 5.74) is 0. The fraction of sp³-hybridized carbons (Fsp3) is 0.667. The van der Waals surface area contributed by atoms with Crippen LogP contribution in [0.5, 0.6) is 0 Å². The Balaban J connectivity index is 3.69. The van der Waals surface area contributed by atoms with E-state index in [1.807, 2.05) is 0 Å². The summed E-state index contributed by atoms with van der Waals surface area (Å²) in [4.78, 5) is 10.9. The van der Waals surface area contributed by atoms with Crippen molar-refractivity contribution in [2.24, 2.45) is 0 Å². The third-order valence-electron chi connectivity index (χ3n) is 1.16. The Kier molecular flexibility index (Phi) is 5.37. The molecule has 0 bridgehead atoms. The van der Waals surface area contributed by atoms with Crippen LogP contribution in [0.15, 0.2) is 12.2 Å². The van der Waals surface area contributed by atoms with Gasteiger partial charge in [-0.25, -0.2) is 0 Å². The summed E-state index contributed by atoms with van der Waals surface area (Å²) >= 11 is 0. The quantitative estimate of drug-likeness (QED) is 0.513. The molecule has 0 spiro atoms. The molecule has 0 saturated heterocycles. The van der Waals surface area contributed by atoms with Crippen molar-refractivity contribution >= 4 is 5.97 Å². The monoisotopic (exact) mass is 172 g/mol. The Morgan fingerprint density at radius 2 is 2.17 bits per heavy atom. The average Bonchev–Trinajstić information content (AvgIpc) is 1.84. The molecule has 70 valence electrons. The van der Waals surface area contributed by atoms with Gasteiger partial charge in [0.25, 0.3) is 0 Å². The lowest BCUT2D eigenvalue weighted by atomic mass is 10.2. The van der Waals surface area contributed by atoms with E-state index in [-0.39, 0.29) is 18.5 Å². The zero-order valence-corrected chi connectivity index (χ0v) is 7.78. The first-order chi connectivity index (χ1) is 5.56. The Morgan fingerprint density at radius 3 is 2.58 bits per heavy atom. The number of hydrogen-bond acceptors (Lipinski definition) is 3. The highest BCUT2D eigenvalue weighted by Gasteiger charge is 2.09. The average molecular weight is 172 g/mol. The third kappa shape index (κ3) is 5.92. The molecule has 1 atom stereocenters. The Morgan fingerprint density at radius 1 is 1.58 bits per heavy atom. The van der Waals surface area contributed by atoms with Crippen molar-refractivity contribution < 1.29 is 14.6 Å². The molecule has 0 heterocycles. The Labute approximate surface area is 73.0 Å². The summed E-state index contributed by atoms with van der Waals surface area (Å²) in [6.45, 7) is 5.34. The van der Waals surface area contributed by atoms with Gasteiger partial charge in [0.1, 0.15) is 0 Å². The van der Waals surface area contributed by atoms with Crippen LogP contribution in [0.1, 0.15) is 27.2 Å². The fourth-order valence-electron chi connectivity index (χ4n) is 0.772. The third-order valence-corrected chi connectivity index (χ3v) is 1.16. The fourth-order valence-corrected chi connectivity index (χ4v) is 0.772. The minimum Gasteiger partial charge on any atom is -0.463 e. The van der Waals surface area contributed by atoms with E-state index in [2.05, 4.69) is 0 Å². The number of hydrogen-bond donors (Lipinski definition) is 1. The van der Waals surface area contributed by atoms with Crippen LogP contribution in [0, 0.1) is 0 Å². The predicted octanol–water partition coefficient (Wildman–Crippen LogP) is 1.27. The Bertz CT molecular complexity index is 161. The largest absolute Gasteiger partial charge is 0.463 e.